The van der Waals surface area contributed by atoms with Crippen LogP contribution in [0.3, 0.4) is 0 Å². The average Bonchev–Trinajstić information content (AvgIpc) is 4.07. The Hall–Kier alpha value is -6.40. The van der Waals surface area contributed by atoms with Gasteiger partial charge in [-0.25, -0.2) is 0 Å². The maximum Gasteiger partial charge on any atom is 0.264 e. The van der Waals surface area contributed by atoms with Crippen LogP contribution in [0.5, 0.6) is 0 Å². The molecular formula is C59H68N8O7Si. The summed E-state index contributed by atoms with van der Waals surface area (Å²) in [5.74, 6) is -0.987. The third-order valence-corrected chi connectivity index (χ3v) is 20.5. The standard InChI is InChI=1S/C59H68N8O7Si/c1-40-53(75(2,3)73)51(34-52(69)62-36-43-13-11-10-12-42(43)32-48(62)37-68)74-59(40)49-33-47(65-39-67(46-16-8-5-9-17-46)58(55(65)71)26-30-61-31-27-58)22-23-50(49)63(56(59)72)35-41-18-20-44(21-19-41)64-38-66(45-14-6-4-7-15-45)57(54(64)70)24-28-60-29-25-57/h4-23,33,40,48,51,53,60-61,68,73H,24-32,34-39H2,1-3H3/t40-,48+,51+,53-,59+/m1/s1. The molecule has 0 radical (unpaired) electrons. The smallest absolute Gasteiger partial charge is 0.264 e. The molecule has 12 rings (SSSR count). The molecule has 5 atom stereocenters. The zero-order valence-corrected chi connectivity index (χ0v) is 44.2. The summed E-state index contributed by atoms with van der Waals surface area (Å²) in [5, 5.41) is 17.5. The van der Waals surface area contributed by atoms with Crippen LogP contribution in [-0.2, 0) is 49.0 Å². The average molecular weight is 1030 g/mol. The minimum atomic E-state index is -3.21. The van der Waals surface area contributed by atoms with Crippen LogP contribution >= 0.6 is 0 Å². The van der Waals surface area contributed by atoms with Gasteiger partial charge in [-0.2, -0.15) is 0 Å². The molecule has 0 bridgehead atoms. The lowest BCUT2D eigenvalue weighted by Crippen LogP contribution is -2.55. The number of fused-ring (bicyclic) bond motifs is 3. The zero-order chi connectivity index (χ0) is 51.9. The summed E-state index contributed by atoms with van der Waals surface area (Å²) in [4.78, 5) is 84.3. The molecule has 7 aliphatic rings. The fraction of sp³-hybridized carbons (Fsp3) is 0.424. The van der Waals surface area contributed by atoms with E-state index in [1.54, 1.807) is 9.80 Å². The number of nitrogens with one attached hydrogen (secondary N) is 2. The van der Waals surface area contributed by atoms with Crippen LogP contribution in [0.2, 0.25) is 18.6 Å². The number of hydrogen-bond donors (Lipinski definition) is 4. The highest BCUT2D eigenvalue weighted by molar-refractivity contribution is 6.71. The summed E-state index contributed by atoms with van der Waals surface area (Å²) >= 11 is 0. The summed E-state index contributed by atoms with van der Waals surface area (Å²) in [6.45, 7) is 9.66. The monoisotopic (exact) mass is 1030 g/mol. The zero-order valence-electron chi connectivity index (χ0n) is 43.2. The van der Waals surface area contributed by atoms with Crippen molar-refractivity contribution >= 4 is 60.4 Å². The predicted molar refractivity (Wildman–Crippen MR) is 292 cm³/mol. The summed E-state index contributed by atoms with van der Waals surface area (Å²) in [5.41, 5.74) is 4.05. The summed E-state index contributed by atoms with van der Waals surface area (Å²) in [6.07, 6.45) is 2.29. The molecule has 4 amide bonds. The lowest BCUT2D eigenvalue weighted by Gasteiger charge is -2.39. The van der Waals surface area contributed by atoms with Crippen molar-refractivity contribution in [3.8, 4) is 0 Å². The summed E-state index contributed by atoms with van der Waals surface area (Å²) < 4.78 is 7.31. The minimum absolute atomic E-state index is 0.00440. The lowest BCUT2D eigenvalue weighted by atomic mass is 9.82. The Morgan fingerprint density at radius 1 is 0.680 bits per heavy atom. The number of nitrogens with zero attached hydrogens (tertiary/aromatic N) is 6. The van der Waals surface area contributed by atoms with Crippen LogP contribution in [-0.4, -0.2) is 116 Å². The number of carbonyl (C=O) groups is 4. The Labute approximate surface area is 440 Å². The van der Waals surface area contributed by atoms with Crippen molar-refractivity contribution < 1.29 is 33.8 Å². The van der Waals surface area contributed by atoms with Gasteiger partial charge in [0, 0.05) is 46.3 Å². The van der Waals surface area contributed by atoms with Crippen LogP contribution < -0.4 is 35.1 Å². The van der Waals surface area contributed by atoms with Crippen LogP contribution in [0.1, 0.15) is 61.3 Å². The third kappa shape index (κ3) is 8.01. The van der Waals surface area contributed by atoms with E-state index in [0.29, 0.717) is 82.0 Å². The van der Waals surface area contributed by atoms with Crippen molar-refractivity contribution in [2.45, 2.75) is 106 Å². The highest BCUT2D eigenvalue weighted by Crippen LogP contribution is 2.61. The van der Waals surface area contributed by atoms with Gasteiger partial charge in [0.25, 0.3) is 17.7 Å². The molecule has 75 heavy (non-hydrogen) atoms. The lowest BCUT2D eigenvalue weighted by molar-refractivity contribution is -0.151. The number of hydrogen-bond acceptors (Lipinski definition) is 11. The van der Waals surface area contributed by atoms with Gasteiger partial charge in [-0.1, -0.05) is 79.7 Å². The molecule has 0 aliphatic carbocycles. The molecule has 4 N–H and O–H groups in total. The van der Waals surface area contributed by atoms with E-state index in [-0.39, 0.29) is 43.2 Å². The van der Waals surface area contributed by atoms with Gasteiger partial charge in [-0.05, 0) is 143 Å². The van der Waals surface area contributed by atoms with Crippen molar-refractivity contribution in [2.24, 2.45) is 5.92 Å². The van der Waals surface area contributed by atoms with Crippen LogP contribution in [0.4, 0.5) is 28.4 Å². The highest BCUT2D eigenvalue weighted by atomic mass is 28.4. The molecule has 390 valence electrons. The Balaban J connectivity index is 0.901. The third-order valence-electron chi connectivity index (χ3n) is 18.0. The van der Waals surface area contributed by atoms with E-state index in [0.717, 1.165) is 46.8 Å². The maximum atomic E-state index is 15.9. The predicted octanol–water partition coefficient (Wildman–Crippen LogP) is 6.23. The first-order chi connectivity index (χ1) is 36.3. The number of anilines is 5. The first-order valence-electron chi connectivity index (χ1n) is 26.9. The molecule has 15 nitrogen and oxygen atoms in total. The maximum absolute atomic E-state index is 15.9. The quantitative estimate of drug-likeness (QED) is 0.118. The van der Waals surface area contributed by atoms with Crippen LogP contribution in [0, 0.1) is 5.92 Å². The van der Waals surface area contributed by atoms with Gasteiger partial charge >= 0.3 is 0 Å². The fourth-order valence-corrected chi connectivity index (χ4v) is 16.8. The van der Waals surface area contributed by atoms with Crippen molar-refractivity contribution in [3.63, 3.8) is 0 Å². The number of aliphatic hydroxyl groups excluding tert-OH is 1. The molecule has 0 aromatic heterocycles. The number of benzene rings is 5. The number of rotatable bonds is 10. The summed E-state index contributed by atoms with van der Waals surface area (Å²) in [7, 11) is -3.21. The Bertz CT molecular complexity index is 3000. The van der Waals surface area contributed by atoms with Gasteiger partial charge in [0.1, 0.15) is 11.1 Å². The molecule has 5 aromatic rings. The number of amides is 4. The Morgan fingerprint density at radius 2 is 1.21 bits per heavy atom. The van der Waals surface area contributed by atoms with Crippen LogP contribution in [0.15, 0.2) is 127 Å². The normalized spacial score (nSPS) is 26.1. The molecule has 7 aliphatic heterocycles. The molecule has 7 heterocycles. The largest absolute Gasteiger partial charge is 0.432 e. The molecule has 5 aromatic carbocycles. The number of piperidine rings is 2. The van der Waals surface area contributed by atoms with Gasteiger partial charge in [-0.15, -0.1) is 0 Å². The van der Waals surface area contributed by atoms with Crippen molar-refractivity contribution in [1.82, 2.24) is 15.5 Å². The first-order valence-corrected chi connectivity index (χ1v) is 29.9. The SMILES string of the molecule is C[C@@H]1[C@@H]([Si](C)(C)O)[C@H](CC(=O)N2Cc3ccccc3C[C@H]2CO)O[C@@]12C(=O)N(Cc1ccc(N3CN(c4ccccc4)C4(CCNCC4)C3=O)cc1)c1ccc(N3CN(c4ccccc4)C4(CCNCC4)C3=O)cc12. The molecule has 0 saturated carbocycles. The Kier molecular flexibility index (Phi) is 12.5. The number of para-hydroxylation sites is 2. The molecule has 0 unspecified atom stereocenters. The van der Waals surface area contributed by atoms with E-state index in [1.165, 1.54) is 0 Å². The van der Waals surface area contributed by atoms with Gasteiger partial charge in [-0.3, -0.25) is 29.0 Å². The fourth-order valence-electron chi connectivity index (χ4n) is 14.2. The van der Waals surface area contributed by atoms with Gasteiger partial charge in [0.2, 0.25) is 5.91 Å². The second-order valence-corrected chi connectivity index (χ2v) is 26.5. The van der Waals surface area contributed by atoms with Crippen molar-refractivity contribution in [2.75, 3.05) is 70.6 Å². The topological polar surface area (TPSA) is 161 Å². The van der Waals surface area contributed by atoms with Gasteiger partial charge < -0.3 is 44.9 Å². The molecule has 5 fully saturated rings. The van der Waals surface area contributed by atoms with E-state index < -0.39 is 48.6 Å². The second kappa shape index (κ2) is 19.0. The number of aliphatic hydroxyl groups is 1. The molecule has 3 spiro atoms. The highest BCUT2D eigenvalue weighted by Gasteiger charge is 2.67. The van der Waals surface area contributed by atoms with Crippen LogP contribution in [0.25, 0.3) is 0 Å². The summed E-state index contributed by atoms with van der Waals surface area (Å²) in [6, 6.07) is 41.5. The van der Waals surface area contributed by atoms with Crippen molar-refractivity contribution in [3.05, 3.63) is 150 Å². The molecular weight excluding hydrogens is 961 g/mol. The number of carbonyl (C=O) groups excluding carboxylic acids is 4. The molecule has 16 heteroatoms. The van der Waals surface area contributed by atoms with E-state index in [1.807, 2.05) is 133 Å². The second-order valence-electron chi connectivity index (χ2n) is 22.5. The van der Waals surface area contributed by atoms with E-state index in [9.17, 15) is 19.5 Å². The van der Waals surface area contributed by atoms with Gasteiger partial charge in [0.05, 0.1) is 50.7 Å². The van der Waals surface area contributed by atoms with E-state index in [2.05, 4.69) is 44.7 Å². The van der Waals surface area contributed by atoms with Gasteiger partial charge in [0.15, 0.2) is 13.9 Å². The molecule has 5 saturated heterocycles. The van der Waals surface area contributed by atoms with Crippen molar-refractivity contribution in [1.29, 1.82) is 0 Å². The Morgan fingerprint density at radius 3 is 1.77 bits per heavy atom. The number of ether oxygens (including phenoxy) is 1. The minimum Gasteiger partial charge on any atom is -0.432 e. The van der Waals surface area contributed by atoms with E-state index >= 15 is 9.59 Å². The first kappa shape index (κ1) is 49.5. The van der Waals surface area contributed by atoms with E-state index in [4.69, 9.17) is 4.74 Å².